The van der Waals surface area contributed by atoms with Gasteiger partial charge < -0.3 is 10.6 Å². The molecule has 1 aromatic rings. The fraction of sp³-hybridized carbons (Fsp3) is 0.385. The van der Waals surface area contributed by atoms with Crippen LogP contribution in [0, 0.1) is 6.92 Å². The minimum Gasteiger partial charge on any atom is -0.368 e. The first kappa shape index (κ1) is 14.2. The Morgan fingerprint density at radius 3 is 2.42 bits per heavy atom. The summed E-state index contributed by atoms with van der Waals surface area (Å²) in [4.78, 5) is 25.2. The minimum atomic E-state index is -0.536. The minimum absolute atomic E-state index is 0.259. The number of halogens is 2. The van der Waals surface area contributed by atoms with Gasteiger partial charge in [0.1, 0.15) is 6.04 Å². The molecule has 102 valence electrons. The fourth-order valence-electron chi connectivity index (χ4n) is 2.24. The highest BCUT2D eigenvalue weighted by Crippen LogP contribution is 2.28. The molecule has 1 saturated heterocycles. The van der Waals surface area contributed by atoms with Crippen LogP contribution in [0.1, 0.15) is 28.8 Å². The third kappa shape index (κ3) is 2.69. The molecule has 6 heteroatoms. The molecule has 0 aliphatic carbocycles. The normalized spacial score (nSPS) is 18.7. The molecule has 1 aliphatic heterocycles. The van der Waals surface area contributed by atoms with Crippen molar-refractivity contribution in [2.24, 2.45) is 5.73 Å². The number of rotatable bonds is 2. The molecule has 1 fully saturated rings. The third-order valence-corrected chi connectivity index (χ3v) is 4.16. The number of likely N-dealkylation sites (tertiary alicyclic amines) is 1. The van der Waals surface area contributed by atoms with Gasteiger partial charge in [-0.15, -0.1) is 0 Å². The van der Waals surface area contributed by atoms with Crippen molar-refractivity contribution in [3.63, 3.8) is 0 Å². The monoisotopic (exact) mass is 300 g/mol. The van der Waals surface area contributed by atoms with Gasteiger partial charge in [0, 0.05) is 22.2 Å². The maximum absolute atomic E-state index is 12.4. The van der Waals surface area contributed by atoms with Gasteiger partial charge in [0.15, 0.2) is 0 Å². The van der Waals surface area contributed by atoms with E-state index in [9.17, 15) is 9.59 Å². The highest BCUT2D eigenvalue weighted by molar-refractivity contribution is 6.36. The van der Waals surface area contributed by atoms with Gasteiger partial charge in [-0.2, -0.15) is 0 Å². The lowest BCUT2D eigenvalue weighted by Gasteiger charge is -2.22. The van der Waals surface area contributed by atoms with Crippen LogP contribution in [0.4, 0.5) is 0 Å². The second-order valence-corrected chi connectivity index (χ2v) is 5.44. The van der Waals surface area contributed by atoms with E-state index in [1.807, 2.05) is 0 Å². The Labute approximate surface area is 121 Å². The molecule has 1 heterocycles. The van der Waals surface area contributed by atoms with Gasteiger partial charge in [-0.25, -0.2) is 0 Å². The summed E-state index contributed by atoms with van der Waals surface area (Å²) < 4.78 is 0. The molecule has 2 rings (SSSR count). The largest absolute Gasteiger partial charge is 0.368 e. The van der Waals surface area contributed by atoms with E-state index in [-0.39, 0.29) is 5.91 Å². The molecule has 19 heavy (non-hydrogen) atoms. The molecule has 0 radical (unpaired) electrons. The van der Waals surface area contributed by atoms with Crippen LogP contribution in [0.25, 0.3) is 0 Å². The van der Waals surface area contributed by atoms with Crippen LogP contribution < -0.4 is 5.73 Å². The Hall–Kier alpha value is -1.26. The smallest absolute Gasteiger partial charge is 0.254 e. The number of primary amides is 1. The number of hydrogen-bond donors (Lipinski definition) is 1. The van der Waals surface area contributed by atoms with Crippen molar-refractivity contribution < 1.29 is 9.59 Å². The van der Waals surface area contributed by atoms with E-state index in [1.54, 1.807) is 19.1 Å². The molecule has 1 aliphatic rings. The van der Waals surface area contributed by atoms with Gasteiger partial charge in [0.05, 0.1) is 0 Å². The summed E-state index contributed by atoms with van der Waals surface area (Å²) in [6.07, 6.45) is 1.38. The van der Waals surface area contributed by atoms with Gasteiger partial charge >= 0.3 is 0 Å². The highest BCUT2D eigenvalue weighted by Gasteiger charge is 2.33. The molecule has 0 spiro atoms. The van der Waals surface area contributed by atoms with Crippen molar-refractivity contribution in [3.05, 3.63) is 33.3 Å². The van der Waals surface area contributed by atoms with Crippen molar-refractivity contribution in [1.29, 1.82) is 0 Å². The molecular weight excluding hydrogens is 287 g/mol. The zero-order chi connectivity index (χ0) is 14.2. The molecule has 0 unspecified atom stereocenters. The maximum atomic E-state index is 12.4. The Morgan fingerprint density at radius 1 is 1.32 bits per heavy atom. The molecular formula is C13H14Cl2N2O2. The summed E-state index contributed by atoms with van der Waals surface area (Å²) in [5, 5.41) is 0.872. The predicted molar refractivity (Wildman–Crippen MR) is 74.5 cm³/mol. The summed E-state index contributed by atoms with van der Waals surface area (Å²) in [6, 6.07) is 2.61. The Morgan fingerprint density at radius 2 is 1.89 bits per heavy atom. The summed E-state index contributed by atoms with van der Waals surface area (Å²) in [5.41, 5.74) is 6.42. The quantitative estimate of drug-likeness (QED) is 0.911. The zero-order valence-corrected chi connectivity index (χ0v) is 12.0. The second kappa shape index (κ2) is 5.39. The van der Waals surface area contributed by atoms with Gasteiger partial charge in [-0.05, 0) is 37.5 Å². The zero-order valence-electron chi connectivity index (χ0n) is 10.5. The number of carbonyl (C=O) groups excluding carboxylic acids is 2. The standard InChI is InChI=1S/C13H14Cl2N2O2/c1-7-9(14)5-8(6-10(7)15)13(19)17-4-2-3-11(17)12(16)18/h5-6,11H,2-4H2,1H3,(H2,16,18)/t11-/m0/s1. The maximum Gasteiger partial charge on any atom is 0.254 e. The molecule has 1 aromatic carbocycles. The lowest BCUT2D eigenvalue weighted by molar-refractivity contribution is -0.121. The predicted octanol–water partition coefficient (Wildman–Crippen LogP) is 2.39. The highest BCUT2D eigenvalue weighted by atomic mass is 35.5. The first-order valence-corrected chi connectivity index (χ1v) is 6.73. The second-order valence-electron chi connectivity index (χ2n) is 4.62. The van der Waals surface area contributed by atoms with E-state index in [0.29, 0.717) is 28.6 Å². The van der Waals surface area contributed by atoms with E-state index >= 15 is 0 Å². The number of carbonyl (C=O) groups is 2. The van der Waals surface area contributed by atoms with Crippen molar-refractivity contribution in [1.82, 2.24) is 4.90 Å². The van der Waals surface area contributed by atoms with E-state index in [4.69, 9.17) is 28.9 Å². The number of amides is 2. The summed E-state index contributed by atoms with van der Waals surface area (Å²) >= 11 is 12.0. The van der Waals surface area contributed by atoms with Crippen LogP contribution in [-0.2, 0) is 4.79 Å². The molecule has 0 saturated carbocycles. The third-order valence-electron chi connectivity index (χ3n) is 3.37. The van der Waals surface area contributed by atoms with Gasteiger partial charge in [-0.3, -0.25) is 9.59 Å². The van der Waals surface area contributed by atoms with Crippen LogP contribution in [0.3, 0.4) is 0 Å². The number of hydrogen-bond acceptors (Lipinski definition) is 2. The first-order valence-electron chi connectivity index (χ1n) is 5.97. The van der Waals surface area contributed by atoms with Gasteiger partial charge in [-0.1, -0.05) is 23.2 Å². The molecule has 2 N–H and O–H groups in total. The van der Waals surface area contributed by atoms with E-state index in [1.165, 1.54) is 4.90 Å². The lowest BCUT2D eigenvalue weighted by Crippen LogP contribution is -2.43. The Bertz CT molecular complexity index is 522. The van der Waals surface area contributed by atoms with Crippen LogP contribution in [0.5, 0.6) is 0 Å². The SMILES string of the molecule is Cc1c(Cl)cc(C(=O)N2CCC[C@H]2C(N)=O)cc1Cl. The number of benzene rings is 1. The number of nitrogens with zero attached hydrogens (tertiary/aromatic N) is 1. The average molecular weight is 301 g/mol. The van der Waals surface area contributed by atoms with E-state index < -0.39 is 11.9 Å². The topological polar surface area (TPSA) is 63.4 Å². The lowest BCUT2D eigenvalue weighted by atomic mass is 10.1. The molecule has 4 nitrogen and oxygen atoms in total. The van der Waals surface area contributed by atoms with Crippen LogP contribution in [0.2, 0.25) is 10.0 Å². The van der Waals surface area contributed by atoms with Crippen molar-refractivity contribution >= 4 is 35.0 Å². The molecule has 2 amide bonds. The van der Waals surface area contributed by atoms with Crippen molar-refractivity contribution in [2.45, 2.75) is 25.8 Å². The van der Waals surface area contributed by atoms with E-state index in [2.05, 4.69) is 0 Å². The van der Waals surface area contributed by atoms with Gasteiger partial charge in [0.2, 0.25) is 5.91 Å². The van der Waals surface area contributed by atoms with Crippen LogP contribution >= 0.6 is 23.2 Å². The molecule has 1 atom stereocenters. The fourth-order valence-corrected chi connectivity index (χ4v) is 2.73. The van der Waals surface area contributed by atoms with Crippen molar-refractivity contribution in [2.75, 3.05) is 6.54 Å². The van der Waals surface area contributed by atoms with Gasteiger partial charge in [0.25, 0.3) is 5.91 Å². The summed E-state index contributed by atoms with van der Waals surface area (Å²) in [6.45, 7) is 2.30. The molecule has 0 aromatic heterocycles. The Balaban J connectivity index is 2.32. The first-order chi connectivity index (χ1) is 8.91. The average Bonchev–Trinajstić information content (AvgIpc) is 2.83. The van der Waals surface area contributed by atoms with Crippen LogP contribution in [0.15, 0.2) is 12.1 Å². The number of nitrogens with two attached hydrogens (primary N) is 1. The summed E-state index contributed by atoms with van der Waals surface area (Å²) in [7, 11) is 0. The Kier molecular flexibility index (Phi) is 4.02. The van der Waals surface area contributed by atoms with Crippen molar-refractivity contribution in [3.8, 4) is 0 Å². The van der Waals surface area contributed by atoms with Crippen LogP contribution in [-0.4, -0.2) is 29.3 Å². The molecule has 0 bridgehead atoms. The summed E-state index contributed by atoms with van der Waals surface area (Å²) in [5.74, 6) is -0.736. The van der Waals surface area contributed by atoms with E-state index in [0.717, 1.165) is 12.0 Å².